The zero-order valence-electron chi connectivity index (χ0n) is 9.22. The standard InChI is InChI=1S/C11H13ClF3NS/c1-8(9-4-2-3-5-10(9)12)16-6-7-17-11(13,14)15/h2-5,8,16H,6-7H2,1H3. The van der Waals surface area contributed by atoms with Gasteiger partial charge < -0.3 is 5.32 Å². The van der Waals surface area contributed by atoms with Crippen LogP contribution in [0.3, 0.4) is 0 Å². The SMILES string of the molecule is CC(NCCSC(F)(F)F)c1ccccc1Cl. The molecule has 0 aliphatic carbocycles. The number of alkyl halides is 3. The van der Waals surface area contributed by atoms with Crippen molar-refractivity contribution in [3.8, 4) is 0 Å². The summed E-state index contributed by atoms with van der Waals surface area (Å²) in [6, 6.07) is 7.23. The quantitative estimate of drug-likeness (QED) is 0.811. The maximum atomic E-state index is 11.9. The van der Waals surface area contributed by atoms with Gasteiger partial charge in [-0.15, -0.1) is 0 Å². The minimum atomic E-state index is -4.16. The molecule has 17 heavy (non-hydrogen) atoms. The molecule has 0 heterocycles. The van der Waals surface area contributed by atoms with E-state index in [1.54, 1.807) is 6.07 Å². The van der Waals surface area contributed by atoms with E-state index in [4.69, 9.17) is 11.6 Å². The maximum Gasteiger partial charge on any atom is 0.441 e. The van der Waals surface area contributed by atoms with Crippen LogP contribution >= 0.6 is 23.4 Å². The molecule has 1 rings (SSSR count). The highest BCUT2D eigenvalue weighted by molar-refractivity contribution is 8.00. The monoisotopic (exact) mass is 283 g/mol. The second-order valence-corrected chi connectivity index (χ2v) is 5.06. The average Bonchev–Trinajstić information content (AvgIpc) is 2.23. The van der Waals surface area contributed by atoms with E-state index in [0.29, 0.717) is 5.02 Å². The Balaban J connectivity index is 2.36. The molecule has 1 N–H and O–H groups in total. The van der Waals surface area contributed by atoms with E-state index in [0.717, 1.165) is 5.56 Å². The fourth-order valence-corrected chi connectivity index (χ4v) is 2.13. The zero-order valence-corrected chi connectivity index (χ0v) is 10.8. The van der Waals surface area contributed by atoms with Crippen molar-refractivity contribution in [2.24, 2.45) is 0 Å². The van der Waals surface area contributed by atoms with Crippen molar-refractivity contribution in [2.45, 2.75) is 18.5 Å². The van der Waals surface area contributed by atoms with Crippen LogP contribution in [0.5, 0.6) is 0 Å². The third kappa shape index (κ3) is 5.66. The molecule has 0 aliphatic heterocycles. The lowest BCUT2D eigenvalue weighted by Gasteiger charge is -2.15. The van der Waals surface area contributed by atoms with Gasteiger partial charge in [-0.3, -0.25) is 0 Å². The Kier molecular flexibility index (Phi) is 5.62. The van der Waals surface area contributed by atoms with Gasteiger partial charge in [-0.05, 0) is 30.3 Å². The molecule has 1 nitrogen and oxygen atoms in total. The topological polar surface area (TPSA) is 12.0 Å². The smallest absolute Gasteiger partial charge is 0.309 e. The third-order valence-corrected chi connectivity index (χ3v) is 3.27. The van der Waals surface area contributed by atoms with E-state index >= 15 is 0 Å². The predicted molar refractivity (Wildman–Crippen MR) is 66.4 cm³/mol. The van der Waals surface area contributed by atoms with Gasteiger partial charge in [-0.1, -0.05) is 29.8 Å². The van der Waals surface area contributed by atoms with E-state index in [1.165, 1.54) is 0 Å². The van der Waals surface area contributed by atoms with Gasteiger partial charge in [0, 0.05) is 23.4 Å². The van der Waals surface area contributed by atoms with Crippen LogP contribution in [0.4, 0.5) is 13.2 Å². The molecule has 6 heteroatoms. The van der Waals surface area contributed by atoms with Crippen molar-refractivity contribution in [3.63, 3.8) is 0 Å². The molecule has 0 aliphatic rings. The van der Waals surface area contributed by atoms with E-state index in [9.17, 15) is 13.2 Å². The van der Waals surface area contributed by atoms with Crippen LogP contribution in [0.15, 0.2) is 24.3 Å². The highest BCUT2D eigenvalue weighted by atomic mass is 35.5. The van der Waals surface area contributed by atoms with Crippen LogP contribution in [-0.4, -0.2) is 17.8 Å². The van der Waals surface area contributed by atoms with Gasteiger partial charge in [0.15, 0.2) is 0 Å². The minimum Gasteiger partial charge on any atom is -0.309 e. The zero-order chi connectivity index (χ0) is 12.9. The van der Waals surface area contributed by atoms with Crippen LogP contribution in [0.25, 0.3) is 0 Å². The molecule has 0 fully saturated rings. The van der Waals surface area contributed by atoms with Gasteiger partial charge in [0.1, 0.15) is 0 Å². The first-order chi connectivity index (χ1) is 7.90. The molecule has 0 radical (unpaired) electrons. The number of thioether (sulfide) groups is 1. The summed E-state index contributed by atoms with van der Waals surface area (Å²) in [5.41, 5.74) is -3.26. The van der Waals surface area contributed by atoms with Gasteiger partial charge in [0.2, 0.25) is 0 Å². The number of rotatable bonds is 5. The molecular formula is C11H13ClF3NS. The summed E-state index contributed by atoms with van der Waals surface area (Å²) < 4.78 is 35.6. The first kappa shape index (κ1) is 14.7. The highest BCUT2D eigenvalue weighted by Crippen LogP contribution is 2.29. The molecular weight excluding hydrogens is 271 g/mol. The number of hydrogen-bond donors (Lipinski definition) is 1. The number of halogens is 4. The molecule has 0 saturated heterocycles. The van der Waals surface area contributed by atoms with E-state index in [-0.39, 0.29) is 30.1 Å². The van der Waals surface area contributed by atoms with Crippen molar-refractivity contribution >= 4 is 23.4 Å². The van der Waals surface area contributed by atoms with Crippen LogP contribution in [-0.2, 0) is 0 Å². The Labute approximate surface area is 108 Å². The van der Waals surface area contributed by atoms with Crippen LogP contribution in [0.1, 0.15) is 18.5 Å². The van der Waals surface area contributed by atoms with Gasteiger partial charge in [-0.25, -0.2) is 0 Å². The number of hydrogen-bond acceptors (Lipinski definition) is 2. The lowest BCUT2D eigenvalue weighted by Crippen LogP contribution is -2.22. The Morgan fingerprint density at radius 2 is 2.00 bits per heavy atom. The summed E-state index contributed by atoms with van der Waals surface area (Å²) in [6.45, 7) is 2.16. The van der Waals surface area contributed by atoms with E-state index in [2.05, 4.69) is 5.32 Å². The Morgan fingerprint density at radius 3 is 2.59 bits per heavy atom. The lowest BCUT2D eigenvalue weighted by molar-refractivity contribution is -0.0327. The first-order valence-electron chi connectivity index (χ1n) is 5.08. The molecule has 0 aromatic heterocycles. The molecule has 1 unspecified atom stereocenters. The summed E-state index contributed by atoms with van der Waals surface area (Å²) in [7, 11) is 0. The van der Waals surface area contributed by atoms with Crippen LogP contribution in [0, 0.1) is 0 Å². The average molecular weight is 284 g/mol. The molecule has 96 valence electrons. The minimum absolute atomic E-state index is 0.00169. The molecule has 1 aromatic rings. The molecule has 0 bridgehead atoms. The summed E-state index contributed by atoms with van der Waals surface area (Å²) in [5.74, 6) is -0.00169. The highest BCUT2D eigenvalue weighted by Gasteiger charge is 2.27. The van der Waals surface area contributed by atoms with Crippen LogP contribution < -0.4 is 5.32 Å². The van der Waals surface area contributed by atoms with E-state index < -0.39 is 5.51 Å². The Hall–Kier alpha value is -0.390. The molecule has 1 atom stereocenters. The number of benzene rings is 1. The normalized spacial score (nSPS) is 13.7. The summed E-state index contributed by atoms with van der Waals surface area (Å²) in [4.78, 5) is 0. The fraction of sp³-hybridized carbons (Fsp3) is 0.455. The number of nitrogens with one attached hydrogen (secondary N) is 1. The van der Waals surface area contributed by atoms with Gasteiger partial charge in [-0.2, -0.15) is 13.2 Å². The molecule has 0 spiro atoms. The van der Waals surface area contributed by atoms with Crippen molar-refractivity contribution in [1.29, 1.82) is 0 Å². The second kappa shape index (κ2) is 6.52. The third-order valence-electron chi connectivity index (χ3n) is 2.19. The van der Waals surface area contributed by atoms with E-state index in [1.807, 2.05) is 25.1 Å². The predicted octanol–water partition coefficient (Wildman–Crippen LogP) is 4.24. The second-order valence-electron chi connectivity index (χ2n) is 3.49. The molecule has 0 amide bonds. The largest absolute Gasteiger partial charge is 0.441 e. The van der Waals surface area contributed by atoms with Crippen molar-refractivity contribution in [2.75, 3.05) is 12.3 Å². The van der Waals surface area contributed by atoms with Gasteiger partial charge in [0.25, 0.3) is 0 Å². The maximum absolute atomic E-state index is 11.9. The summed E-state index contributed by atoms with van der Waals surface area (Å²) in [6.07, 6.45) is 0. The van der Waals surface area contributed by atoms with Crippen molar-refractivity contribution < 1.29 is 13.2 Å². The first-order valence-corrected chi connectivity index (χ1v) is 6.45. The summed E-state index contributed by atoms with van der Waals surface area (Å²) in [5, 5.41) is 3.63. The van der Waals surface area contributed by atoms with Crippen molar-refractivity contribution in [1.82, 2.24) is 5.32 Å². The molecule has 0 saturated carbocycles. The Bertz CT molecular complexity index is 357. The lowest BCUT2D eigenvalue weighted by atomic mass is 10.1. The van der Waals surface area contributed by atoms with Gasteiger partial charge >= 0.3 is 5.51 Å². The molecule has 1 aromatic carbocycles. The van der Waals surface area contributed by atoms with Crippen LogP contribution in [0.2, 0.25) is 5.02 Å². The van der Waals surface area contributed by atoms with Gasteiger partial charge in [0.05, 0.1) is 0 Å². The Morgan fingerprint density at radius 1 is 1.35 bits per heavy atom. The van der Waals surface area contributed by atoms with Crippen molar-refractivity contribution in [3.05, 3.63) is 34.9 Å². The summed E-state index contributed by atoms with van der Waals surface area (Å²) >= 11 is 5.96. The fourth-order valence-electron chi connectivity index (χ4n) is 1.38.